The van der Waals surface area contributed by atoms with E-state index in [2.05, 4.69) is 10.2 Å². The molecule has 170 valence electrons. The zero-order valence-corrected chi connectivity index (χ0v) is 17.9. The van der Waals surface area contributed by atoms with E-state index in [9.17, 15) is 44.6 Å². The van der Waals surface area contributed by atoms with Crippen molar-refractivity contribution in [1.29, 1.82) is 0 Å². The molecule has 3 aromatic carbocycles. The molecule has 0 aliphatic rings. The monoisotopic (exact) mass is 503 g/mol. The van der Waals surface area contributed by atoms with Crippen LogP contribution in [-0.2, 0) is 30.3 Å². The van der Waals surface area contributed by atoms with E-state index in [1.54, 1.807) is 0 Å². The van der Waals surface area contributed by atoms with Crippen LogP contribution in [0.15, 0.2) is 67.4 Å². The standard InChI is InChI=1S/C16H13N3O10S3/c17-30(22,23)9-2-4-13(20)12(7-9)18-19-15-11-3-1-10(31(24,25)26)5-8(11)6-14(16(15)21)32(27,28)29/h1-7,20-21H,(H2,17,22,23)(H,24,25,26)(H,27,28,29). The Morgan fingerprint density at radius 2 is 1.38 bits per heavy atom. The number of sulfonamides is 1. The SMILES string of the molecule is NS(=O)(=O)c1ccc(O)c(N=Nc2c(O)c(S(=O)(=O)O)cc3cc(S(=O)(=O)O)ccc23)c1. The number of nitrogens with two attached hydrogens (primary N) is 1. The summed E-state index contributed by atoms with van der Waals surface area (Å²) >= 11 is 0. The van der Waals surface area contributed by atoms with E-state index in [0.29, 0.717) is 0 Å². The van der Waals surface area contributed by atoms with Gasteiger partial charge in [-0.15, -0.1) is 10.2 Å². The van der Waals surface area contributed by atoms with Gasteiger partial charge in [-0.3, -0.25) is 9.11 Å². The molecule has 3 aromatic rings. The van der Waals surface area contributed by atoms with Crippen molar-refractivity contribution in [1.82, 2.24) is 0 Å². The van der Waals surface area contributed by atoms with Gasteiger partial charge in [-0.1, -0.05) is 6.07 Å². The lowest BCUT2D eigenvalue weighted by Crippen LogP contribution is -2.11. The van der Waals surface area contributed by atoms with Crippen LogP contribution in [0.25, 0.3) is 10.8 Å². The number of nitrogens with zero attached hydrogens (tertiary/aromatic N) is 2. The van der Waals surface area contributed by atoms with Crippen LogP contribution in [0.4, 0.5) is 11.4 Å². The van der Waals surface area contributed by atoms with Crippen molar-refractivity contribution in [3.63, 3.8) is 0 Å². The van der Waals surface area contributed by atoms with E-state index in [1.165, 1.54) is 0 Å². The molecule has 3 rings (SSSR count). The molecule has 0 unspecified atom stereocenters. The minimum absolute atomic E-state index is 0.0619. The number of phenols is 2. The molecule has 0 amide bonds. The predicted octanol–water partition coefficient (Wildman–Crippen LogP) is 1.81. The van der Waals surface area contributed by atoms with Crippen LogP contribution < -0.4 is 5.14 Å². The summed E-state index contributed by atoms with van der Waals surface area (Å²) in [5.41, 5.74) is -0.992. The first-order valence-electron chi connectivity index (χ1n) is 8.11. The summed E-state index contributed by atoms with van der Waals surface area (Å²) in [7, 11) is -13.9. The van der Waals surface area contributed by atoms with Crippen LogP contribution in [0.1, 0.15) is 0 Å². The molecule has 0 saturated carbocycles. The van der Waals surface area contributed by atoms with E-state index in [4.69, 9.17) is 5.14 Å². The first-order chi connectivity index (χ1) is 14.6. The quantitative estimate of drug-likeness (QED) is 0.250. The number of phenolic OH excluding ortho intramolecular Hbond substituents is 2. The number of hydrogen-bond donors (Lipinski definition) is 5. The maximum absolute atomic E-state index is 11.6. The third-order valence-corrected chi connectivity index (χ3v) is 6.76. The molecule has 0 aromatic heterocycles. The normalized spacial score (nSPS) is 13.1. The number of hydrogen-bond acceptors (Lipinski definition) is 10. The number of rotatable bonds is 5. The van der Waals surface area contributed by atoms with Crippen molar-refractivity contribution in [2.75, 3.05) is 0 Å². The van der Waals surface area contributed by atoms with Crippen molar-refractivity contribution in [2.24, 2.45) is 15.4 Å². The van der Waals surface area contributed by atoms with Crippen LogP contribution in [-0.4, -0.2) is 44.6 Å². The minimum Gasteiger partial charge on any atom is -0.506 e. The summed E-state index contributed by atoms with van der Waals surface area (Å²) in [5.74, 6) is -1.60. The number of aromatic hydroxyl groups is 2. The fourth-order valence-electron chi connectivity index (χ4n) is 2.65. The number of benzene rings is 3. The molecule has 0 saturated heterocycles. The molecule has 0 aliphatic carbocycles. The van der Waals surface area contributed by atoms with Crippen molar-refractivity contribution >= 4 is 52.4 Å². The first-order valence-corrected chi connectivity index (χ1v) is 12.5. The van der Waals surface area contributed by atoms with Crippen LogP contribution in [0, 0.1) is 0 Å². The molecule has 0 spiro atoms. The van der Waals surface area contributed by atoms with Gasteiger partial charge in [0.25, 0.3) is 20.2 Å². The van der Waals surface area contributed by atoms with E-state index in [-0.39, 0.29) is 10.8 Å². The van der Waals surface area contributed by atoms with Gasteiger partial charge in [0.15, 0.2) is 5.75 Å². The predicted molar refractivity (Wildman–Crippen MR) is 109 cm³/mol. The highest BCUT2D eigenvalue weighted by atomic mass is 32.2. The van der Waals surface area contributed by atoms with E-state index < -0.39 is 67.8 Å². The van der Waals surface area contributed by atoms with Crippen LogP contribution >= 0.6 is 0 Å². The fraction of sp³-hybridized carbons (Fsp3) is 0. The van der Waals surface area contributed by atoms with E-state index in [1.807, 2.05) is 0 Å². The minimum atomic E-state index is -5.02. The highest BCUT2D eigenvalue weighted by Crippen LogP contribution is 2.42. The van der Waals surface area contributed by atoms with Crippen molar-refractivity contribution in [3.05, 3.63) is 42.5 Å². The van der Waals surface area contributed by atoms with Gasteiger partial charge in [-0.2, -0.15) is 16.8 Å². The lowest BCUT2D eigenvalue weighted by Gasteiger charge is -2.10. The van der Waals surface area contributed by atoms with Crippen molar-refractivity contribution in [2.45, 2.75) is 14.7 Å². The van der Waals surface area contributed by atoms with Gasteiger partial charge in [-0.25, -0.2) is 13.6 Å². The molecule has 32 heavy (non-hydrogen) atoms. The zero-order chi connectivity index (χ0) is 24.1. The van der Waals surface area contributed by atoms with Gasteiger partial charge in [-0.05, 0) is 41.8 Å². The average molecular weight is 503 g/mol. The van der Waals surface area contributed by atoms with Crippen molar-refractivity contribution in [3.8, 4) is 11.5 Å². The lowest BCUT2D eigenvalue weighted by atomic mass is 10.1. The zero-order valence-electron chi connectivity index (χ0n) is 15.5. The Hall–Kier alpha value is -3.15. The van der Waals surface area contributed by atoms with Gasteiger partial charge < -0.3 is 10.2 Å². The Balaban J connectivity index is 2.32. The molecular weight excluding hydrogens is 490 g/mol. The summed E-state index contributed by atoms with van der Waals surface area (Å²) in [4.78, 5) is -2.09. The molecular formula is C16H13N3O10S3. The Morgan fingerprint density at radius 1 is 0.750 bits per heavy atom. The summed E-state index contributed by atoms with van der Waals surface area (Å²) in [6.07, 6.45) is 0. The molecule has 6 N–H and O–H groups in total. The van der Waals surface area contributed by atoms with E-state index >= 15 is 0 Å². The van der Waals surface area contributed by atoms with E-state index in [0.717, 1.165) is 42.5 Å². The largest absolute Gasteiger partial charge is 0.506 e. The molecule has 0 bridgehead atoms. The van der Waals surface area contributed by atoms with Crippen molar-refractivity contribution < 1.29 is 44.6 Å². The average Bonchev–Trinajstić information content (AvgIpc) is 2.65. The smallest absolute Gasteiger partial charge is 0.298 e. The number of fused-ring (bicyclic) bond motifs is 1. The Bertz CT molecular complexity index is 1610. The summed E-state index contributed by atoms with van der Waals surface area (Å²) < 4.78 is 87.6. The molecule has 0 aliphatic heterocycles. The van der Waals surface area contributed by atoms with Crippen LogP contribution in [0.2, 0.25) is 0 Å². The molecule has 0 heterocycles. The third kappa shape index (κ3) is 4.69. The first kappa shape index (κ1) is 23.5. The number of primary sulfonamides is 1. The van der Waals surface area contributed by atoms with Gasteiger partial charge in [0.2, 0.25) is 10.0 Å². The third-order valence-electron chi connectivity index (χ3n) is 4.13. The summed E-state index contributed by atoms with van der Waals surface area (Å²) in [6, 6.07) is 6.41. The van der Waals surface area contributed by atoms with Gasteiger partial charge in [0, 0.05) is 5.39 Å². The second-order valence-electron chi connectivity index (χ2n) is 6.30. The maximum atomic E-state index is 11.6. The Kier molecular flexibility index (Phi) is 5.71. The molecule has 16 heteroatoms. The van der Waals surface area contributed by atoms with Gasteiger partial charge in [0.1, 0.15) is 22.0 Å². The Labute approximate surface area is 181 Å². The lowest BCUT2D eigenvalue weighted by molar-refractivity contribution is 0.444. The second-order valence-corrected chi connectivity index (χ2v) is 10.7. The molecule has 13 nitrogen and oxygen atoms in total. The summed E-state index contributed by atoms with van der Waals surface area (Å²) in [5, 5.41) is 32.3. The molecule has 0 fully saturated rings. The fourth-order valence-corrected chi connectivity index (χ4v) is 4.32. The Morgan fingerprint density at radius 3 is 1.94 bits per heavy atom. The second kappa shape index (κ2) is 7.76. The highest BCUT2D eigenvalue weighted by Gasteiger charge is 2.23. The molecule has 0 radical (unpaired) electrons. The van der Waals surface area contributed by atoms with Crippen LogP contribution in [0.3, 0.4) is 0 Å². The highest BCUT2D eigenvalue weighted by molar-refractivity contribution is 7.89. The summed E-state index contributed by atoms with van der Waals surface area (Å²) in [6.45, 7) is 0. The number of azo groups is 1. The van der Waals surface area contributed by atoms with Gasteiger partial charge in [0.05, 0.1) is 9.79 Å². The van der Waals surface area contributed by atoms with Crippen LogP contribution in [0.5, 0.6) is 11.5 Å². The maximum Gasteiger partial charge on any atom is 0.298 e. The van der Waals surface area contributed by atoms with Gasteiger partial charge >= 0.3 is 0 Å². The molecule has 0 atom stereocenters. The topological polar surface area (TPSA) is 234 Å².